The molecule has 1 atom stereocenters. The van der Waals surface area contributed by atoms with Gasteiger partial charge in [-0.3, -0.25) is 10.4 Å². The zero-order valence-electron chi connectivity index (χ0n) is 21.0. The van der Waals surface area contributed by atoms with Gasteiger partial charge >= 0.3 is 12.1 Å². The van der Waals surface area contributed by atoms with Gasteiger partial charge < -0.3 is 19.7 Å². The Kier molecular flexibility index (Phi) is 9.33. The van der Waals surface area contributed by atoms with E-state index < -0.39 is 35.3 Å². The molecular weight excluding hydrogens is 501 g/mol. The van der Waals surface area contributed by atoms with Crippen LogP contribution in [0.4, 0.5) is 13.2 Å². The summed E-state index contributed by atoms with van der Waals surface area (Å²) in [6, 6.07) is 12.7. The van der Waals surface area contributed by atoms with Crippen molar-refractivity contribution in [2.45, 2.75) is 58.4 Å². The van der Waals surface area contributed by atoms with Crippen LogP contribution in [0, 0.1) is 5.41 Å². The van der Waals surface area contributed by atoms with Gasteiger partial charge in [0.1, 0.15) is 29.6 Å². The van der Waals surface area contributed by atoms with Crippen molar-refractivity contribution in [1.82, 2.24) is 4.98 Å². The molecule has 10 heteroatoms. The number of hydrogen-bond donors (Lipinski definition) is 3. The molecule has 0 aliphatic carbocycles. The van der Waals surface area contributed by atoms with E-state index in [-0.39, 0.29) is 36.3 Å². The Morgan fingerprint density at radius 2 is 1.76 bits per heavy atom. The summed E-state index contributed by atoms with van der Waals surface area (Å²) in [5, 5.41) is 28.3. The van der Waals surface area contributed by atoms with Crippen molar-refractivity contribution < 1.29 is 37.7 Å². The number of carboxylic acids is 1. The fourth-order valence-electron chi connectivity index (χ4n) is 3.96. The van der Waals surface area contributed by atoms with Gasteiger partial charge in [0.05, 0.1) is 5.69 Å². The van der Waals surface area contributed by atoms with Crippen molar-refractivity contribution in [3.8, 4) is 17.2 Å². The summed E-state index contributed by atoms with van der Waals surface area (Å²) in [5.74, 6) is -1.54. The minimum Gasteiger partial charge on any atom is -0.507 e. The normalized spacial score (nSPS) is 12.1. The Morgan fingerprint density at radius 3 is 2.32 bits per heavy atom. The molecule has 1 aromatic heterocycles. The molecule has 202 valence electrons. The summed E-state index contributed by atoms with van der Waals surface area (Å²) >= 11 is 0. The molecule has 3 N–H and O–H groups in total. The lowest BCUT2D eigenvalue weighted by Gasteiger charge is -2.24. The van der Waals surface area contributed by atoms with Crippen molar-refractivity contribution in [3.05, 3.63) is 82.7 Å². The van der Waals surface area contributed by atoms with E-state index in [1.54, 1.807) is 37.4 Å². The Bertz CT molecular complexity index is 1260. The number of nitrogens with zero attached hydrogens (tertiary/aromatic N) is 1. The number of nitrogens with one attached hydrogen (secondary N) is 1. The lowest BCUT2D eigenvalue weighted by atomic mass is 9.94. The predicted octanol–water partition coefficient (Wildman–Crippen LogP) is 6.41. The minimum atomic E-state index is -4.96. The standard InChI is InChI=1S/C28H29F3N2O5/c1-3-7-18-15-22(26(32)28(29,30)31)23(34)21(8-4-2)24(18)38-25(27(35)36)17-10-12-20(13-11-17)37-16-19-9-5-6-14-33-19/h5-6,9-15,25,32,34H,3-4,7-8,16H2,1-2H3,(H,35,36). The van der Waals surface area contributed by atoms with E-state index in [9.17, 15) is 28.2 Å². The maximum absolute atomic E-state index is 13.3. The average molecular weight is 531 g/mol. The zero-order chi connectivity index (χ0) is 27.9. The molecule has 0 fully saturated rings. The van der Waals surface area contributed by atoms with Crippen LogP contribution in [0.3, 0.4) is 0 Å². The van der Waals surface area contributed by atoms with Crippen LogP contribution in [-0.2, 0) is 24.2 Å². The van der Waals surface area contributed by atoms with Gasteiger partial charge in [-0.2, -0.15) is 13.2 Å². The number of alkyl halides is 3. The van der Waals surface area contributed by atoms with Gasteiger partial charge in [-0.25, -0.2) is 4.79 Å². The number of pyridine rings is 1. The van der Waals surface area contributed by atoms with Crippen molar-refractivity contribution >= 4 is 11.7 Å². The predicted molar refractivity (Wildman–Crippen MR) is 135 cm³/mol. The second kappa shape index (κ2) is 12.4. The van der Waals surface area contributed by atoms with Crippen molar-refractivity contribution in [2.75, 3.05) is 0 Å². The molecule has 1 heterocycles. The van der Waals surface area contributed by atoms with Gasteiger partial charge in [0, 0.05) is 22.9 Å². The second-order valence-corrected chi connectivity index (χ2v) is 8.63. The highest BCUT2D eigenvalue weighted by atomic mass is 19.4. The summed E-state index contributed by atoms with van der Waals surface area (Å²) in [7, 11) is 0. The molecule has 0 aliphatic rings. The number of aryl methyl sites for hydroxylation is 1. The monoisotopic (exact) mass is 530 g/mol. The number of ether oxygens (including phenoxy) is 2. The van der Waals surface area contributed by atoms with Crippen LogP contribution < -0.4 is 9.47 Å². The minimum absolute atomic E-state index is 0.0211. The number of aromatic hydroxyl groups is 1. The molecule has 0 amide bonds. The first-order valence-corrected chi connectivity index (χ1v) is 12.1. The highest BCUT2D eigenvalue weighted by molar-refractivity contribution is 6.05. The van der Waals surface area contributed by atoms with E-state index in [1.165, 1.54) is 12.1 Å². The van der Waals surface area contributed by atoms with Gasteiger partial charge in [-0.1, -0.05) is 44.9 Å². The Hall–Kier alpha value is -4.08. The van der Waals surface area contributed by atoms with Gasteiger partial charge in [0.25, 0.3) is 0 Å². The summed E-state index contributed by atoms with van der Waals surface area (Å²) in [6.45, 7) is 3.80. The first-order chi connectivity index (χ1) is 18.1. The van der Waals surface area contributed by atoms with Crippen molar-refractivity contribution in [3.63, 3.8) is 0 Å². The highest BCUT2D eigenvalue weighted by Gasteiger charge is 2.38. The number of carboxylic acid groups (broad SMARTS) is 1. The third-order valence-electron chi connectivity index (χ3n) is 5.75. The quantitative estimate of drug-likeness (QED) is 0.233. The number of carbonyl (C=O) groups is 1. The molecule has 2 aromatic carbocycles. The third-order valence-corrected chi connectivity index (χ3v) is 5.75. The van der Waals surface area contributed by atoms with Crippen LogP contribution in [0.2, 0.25) is 0 Å². The number of rotatable bonds is 12. The van der Waals surface area contributed by atoms with Crippen LogP contribution >= 0.6 is 0 Å². The largest absolute Gasteiger partial charge is 0.507 e. The molecule has 0 saturated carbocycles. The maximum atomic E-state index is 13.3. The molecular formula is C28H29F3N2O5. The van der Waals surface area contributed by atoms with E-state index in [0.717, 1.165) is 11.8 Å². The molecule has 0 radical (unpaired) electrons. The number of halogens is 3. The van der Waals surface area contributed by atoms with Crippen LogP contribution in [0.15, 0.2) is 54.7 Å². The number of hydrogen-bond acceptors (Lipinski definition) is 6. The molecule has 3 aromatic rings. The summed E-state index contributed by atoms with van der Waals surface area (Å²) in [5.41, 5.74) is -0.995. The number of phenolic OH excluding ortho intramolecular Hbond substituents is 1. The van der Waals surface area contributed by atoms with E-state index in [2.05, 4.69) is 4.98 Å². The van der Waals surface area contributed by atoms with Crippen LogP contribution in [0.5, 0.6) is 17.2 Å². The first kappa shape index (κ1) is 28.5. The highest BCUT2D eigenvalue weighted by Crippen LogP contribution is 2.41. The van der Waals surface area contributed by atoms with Gasteiger partial charge in [0.15, 0.2) is 0 Å². The number of benzene rings is 2. The van der Waals surface area contributed by atoms with Crippen molar-refractivity contribution in [2.24, 2.45) is 0 Å². The van der Waals surface area contributed by atoms with Crippen molar-refractivity contribution in [1.29, 1.82) is 5.41 Å². The van der Waals surface area contributed by atoms with Gasteiger partial charge in [-0.05, 0) is 48.7 Å². The average Bonchev–Trinajstić information content (AvgIpc) is 2.89. The SMILES string of the molecule is CCCc1cc(C(=N)C(F)(F)F)c(O)c(CCC)c1OC(C(=O)O)c1ccc(OCc2ccccn2)cc1. The molecule has 1 unspecified atom stereocenters. The van der Waals surface area contributed by atoms with Gasteiger partial charge in [-0.15, -0.1) is 0 Å². The number of aromatic nitrogens is 1. The number of aliphatic carboxylic acids is 1. The molecule has 3 rings (SSSR count). The molecule has 7 nitrogen and oxygen atoms in total. The van der Waals surface area contributed by atoms with E-state index in [4.69, 9.17) is 14.9 Å². The van der Waals surface area contributed by atoms with Gasteiger partial charge in [0.2, 0.25) is 6.10 Å². The van der Waals surface area contributed by atoms with Crippen LogP contribution in [-0.4, -0.2) is 33.1 Å². The smallest absolute Gasteiger partial charge is 0.433 e. The van der Waals surface area contributed by atoms with Crippen LogP contribution in [0.25, 0.3) is 0 Å². The lowest BCUT2D eigenvalue weighted by Crippen LogP contribution is -2.24. The van der Waals surface area contributed by atoms with E-state index in [1.807, 2.05) is 13.0 Å². The van der Waals surface area contributed by atoms with Crippen LogP contribution in [0.1, 0.15) is 60.7 Å². The molecule has 0 bridgehead atoms. The first-order valence-electron chi connectivity index (χ1n) is 12.1. The maximum Gasteiger partial charge on any atom is 0.433 e. The summed E-state index contributed by atoms with van der Waals surface area (Å²) in [6.07, 6.45) is -3.47. The third kappa shape index (κ3) is 6.81. The molecule has 0 saturated heterocycles. The lowest BCUT2D eigenvalue weighted by molar-refractivity contribution is -0.145. The molecule has 0 spiro atoms. The Labute approximate surface area is 218 Å². The fourth-order valence-corrected chi connectivity index (χ4v) is 3.96. The molecule has 38 heavy (non-hydrogen) atoms. The molecule has 0 aliphatic heterocycles. The van der Waals surface area contributed by atoms with E-state index in [0.29, 0.717) is 24.2 Å². The topological polar surface area (TPSA) is 113 Å². The Balaban J connectivity index is 1.96. The summed E-state index contributed by atoms with van der Waals surface area (Å²) in [4.78, 5) is 16.4. The Morgan fingerprint density at radius 1 is 1.08 bits per heavy atom. The summed E-state index contributed by atoms with van der Waals surface area (Å²) < 4.78 is 51.6. The van der Waals surface area contributed by atoms with E-state index >= 15 is 0 Å². The number of phenols is 1. The zero-order valence-corrected chi connectivity index (χ0v) is 21.0. The second-order valence-electron chi connectivity index (χ2n) is 8.63. The fraction of sp³-hybridized carbons (Fsp3) is 0.321.